The van der Waals surface area contributed by atoms with Crippen LogP contribution < -0.4 is 0 Å². The highest BCUT2D eigenvalue weighted by Gasteiger charge is 2.64. The molecular weight excluding hydrogens is 287 g/mol. The fourth-order valence-corrected chi connectivity index (χ4v) is 7.46. The van der Waals surface area contributed by atoms with Crippen molar-refractivity contribution in [3.8, 4) is 12.3 Å². The molecule has 0 aromatic carbocycles. The van der Waals surface area contributed by atoms with Crippen LogP contribution in [0.3, 0.4) is 0 Å². The lowest BCUT2D eigenvalue weighted by atomic mass is 9.44. The van der Waals surface area contributed by atoms with Crippen LogP contribution in [0.15, 0.2) is 0 Å². The van der Waals surface area contributed by atoms with Gasteiger partial charge in [-0.05, 0) is 86.9 Å². The quantitative estimate of drug-likeness (QED) is 0.640. The van der Waals surface area contributed by atoms with E-state index in [2.05, 4.69) is 19.8 Å². The lowest BCUT2D eigenvalue weighted by molar-refractivity contribution is -0.140. The van der Waals surface area contributed by atoms with E-state index in [0.29, 0.717) is 29.1 Å². The molecule has 23 heavy (non-hydrogen) atoms. The molecular formula is C21H31FO. The molecule has 0 saturated heterocycles. The summed E-state index contributed by atoms with van der Waals surface area (Å²) in [7, 11) is 0. The van der Waals surface area contributed by atoms with Gasteiger partial charge in [0.1, 0.15) is 11.8 Å². The summed E-state index contributed by atoms with van der Waals surface area (Å²) < 4.78 is 13.9. The molecule has 8 atom stereocenters. The van der Waals surface area contributed by atoms with Crippen molar-refractivity contribution in [3.63, 3.8) is 0 Å². The third kappa shape index (κ3) is 1.95. The number of hydrogen-bond donors (Lipinski definition) is 1. The summed E-state index contributed by atoms with van der Waals surface area (Å²) in [5.74, 6) is 5.29. The van der Waals surface area contributed by atoms with Gasteiger partial charge in [-0.3, -0.25) is 0 Å². The molecule has 0 bridgehead atoms. The van der Waals surface area contributed by atoms with Crippen molar-refractivity contribution in [1.29, 1.82) is 0 Å². The van der Waals surface area contributed by atoms with E-state index in [1.807, 2.05) is 0 Å². The van der Waals surface area contributed by atoms with Crippen molar-refractivity contribution >= 4 is 0 Å². The van der Waals surface area contributed by atoms with Crippen LogP contribution in [0, 0.1) is 46.8 Å². The summed E-state index contributed by atoms with van der Waals surface area (Å²) in [6.45, 7) is 4.69. The van der Waals surface area contributed by atoms with Crippen molar-refractivity contribution in [3.05, 3.63) is 0 Å². The lowest BCUT2D eigenvalue weighted by Crippen LogP contribution is -2.56. The highest BCUT2D eigenvalue weighted by molar-refractivity contribution is 5.23. The van der Waals surface area contributed by atoms with E-state index in [4.69, 9.17) is 6.42 Å². The van der Waals surface area contributed by atoms with Crippen molar-refractivity contribution in [2.24, 2.45) is 34.5 Å². The van der Waals surface area contributed by atoms with Gasteiger partial charge in [-0.15, -0.1) is 6.42 Å². The number of aliphatic hydroxyl groups is 1. The third-order valence-electron chi connectivity index (χ3n) is 8.99. The molecule has 1 nitrogen and oxygen atoms in total. The normalized spacial score (nSPS) is 58.7. The molecule has 1 N–H and O–H groups in total. The van der Waals surface area contributed by atoms with Gasteiger partial charge in [0.15, 0.2) is 0 Å². The van der Waals surface area contributed by atoms with E-state index in [9.17, 15) is 9.50 Å². The Kier molecular flexibility index (Phi) is 3.45. The Morgan fingerprint density at radius 3 is 2.48 bits per heavy atom. The van der Waals surface area contributed by atoms with E-state index < -0.39 is 11.8 Å². The summed E-state index contributed by atoms with van der Waals surface area (Å²) >= 11 is 0. The smallest absolute Gasteiger partial charge is 0.130 e. The van der Waals surface area contributed by atoms with Crippen molar-refractivity contribution in [1.82, 2.24) is 0 Å². The van der Waals surface area contributed by atoms with E-state index >= 15 is 0 Å². The van der Waals surface area contributed by atoms with Crippen LogP contribution in [0.1, 0.15) is 71.6 Å². The zero-order valence-corrected chi connectivity index (χ0v) is 14.7. The maximum absolute atomic E-state index is 13.9. The maximum Gasteiger partial charge on any atom is 0.130 e. The topological polar surface area (TPSA) is 20.2 Å². The fraction of sp³-hybridized carbons (Fsp3) is 0.905. The number of terminal acetylenes is 1. The van der Waals surface area contributed by atoms with Crippen LogP contribution in [0.2, 0.25) is 0 Å². The van der Waals surface area contributed by atoms with Crippen LogP contribution >= 0.6 is 0 Å². The van der Waals surface area contributed by atoms with Gasteiger partial charge in [0.05, 0.1) is 0 Å². The molecule has 0 aromatic rings. The highest BCUT2D eigenvalue weighted by Crippen LogP contribution is 2.68. The molecule has 2 heteroatoms. The molecule has 0 spiro atoms. The van der Waals surface area contributed by atoms with Crippen LogP contribution in [0.25, 0.3) is 0 Å². The molecule has 0 heterocycles. The Hall–Kier alpha value is -0.550. The van der Waals surface area contributed by atoms with Crippen LogP contribution in [0.4, 0.5) is 4.39 Å². The Morgan fingerprint density at radius 2 is 1.74 bits per heavy atom. The largest absolute Gasteiger partial charge is 0.377 e. The van der Waals surface area contributed by atoms with E-state index in [1.54, 1.807) is 0 Å². The van der Waals surface area contributed by atoms with Crippen LogP contribution in [-0.2, 0) is 0 Å². The predicted octanol–water partition coefficient (Wildman–Crippen LogP) is 4.73. The Bertz CT molecular complexity index is 538. The van der Waals surface area contributed by atoms with Crippen molar-refractivity contribution in [2.45, 2.75) is 83.4 Å². The molecule has 4 saturated carbocycles. The molecule has 0 aromatic heterocycles. The molecule has 4 rings (SSSR count). The highest BCUT2D eigenvalue weighted by atomic mass is 19.1. The molecule has 0 radical (unpaired) electrons. The van der Waals surface area contributed by atoms with E-state index in [-0.39, 0.29) is 5.41 Å². The number of halogens is 1. The second-order valence-electron chi connectivity index (χ2n) is 9.53. The average molecular weight is 318 g/mol. The molecule has 0 amide bonds. The third-order valence-corrected chi connectivity index (χ3v) is 8.99. The molecule has 4 aliphatic rings. The zero-order valence-electron chi connectivity index (χ0n) is 14.7. The second kappa shape index (κ2) is 4.98. The minimum atomic E-state index is -0.906. The first-order valence-corrected chi connectivity index (χ1v) is 9.68. The summed E-state index contributed by atoms with van der Waals surface area (Å²) in [6.07, 6.45) is 14.2. The number of fused-ring (bicyclic) bond motifs is 5. The van der Waals surface area contributed by atoms with Gasteiger partial charge in [0.25, 0.3) is 0 Å². The summed E-state index contributed by atoms with van der Waals surface area (Å²) in [4.78, 5) is 0. The number of alkyl halides is 1. The first-order chi connectivity index (χ1) is 10.8. The number of hydrogen-bond acceptors (Lipinski definition) is 1. The standard InChI is InChI=1S/C21H31FO/c1-4-21(23)12-9-18-16-6-5-14-13-15(22)7-10-19(14,2)17(16)8-11-20(18,21)3/h1,14-18,23H,5-13H2,2-3H3/t14?,15?,16-,17-,18+,19+,20+,21?/m1/s1. The van der Waals surface area contributed by atoms with Gasteiger partial charge in [0.2, 0.25) is 0 Å². The first kappa shape index (κ1) is 15.9. The molecule has 128 valence electrons. The van der Waals surface area contributed by atoms with Crippen LogP contribution in [-0.4, -0.2) is 16.9 Å². The average Bonchev–Trinajstić information content (AvgIpc) is 2.80. The lowest BCUT2D eigenvalue weighted by Gasteiger charge is -2.61. The van der Waals surface area contributed by atoms with Gasteiger partial charge < -0.3 is 5.11 Å². The minimum absolute atomic E-state index is 0.108. The van der Waals surface area contributed by atoms with E-state index in [1.165, 1.54) is 19.3 Å². The maximum atomic E-state index is 13.9. The van der Waals surface area contributed by atoms with Gasteiger partial charge in [-0.1, -0.05) is 19.8 Å². The molecule has 0 aliphatic heterocycles. The van der Waals surface area contributed by atoms with Crippen molar-refractivity contribution < 1.29 is 9.50 Å². The summed E-state index contributed by atoms with van der Waals surface area (Å²) in [6, 6.07) is 0. The molecule has 4 fully saturated rings. The Morgan fingerprint density at radius 1 is 1.00 bits per heavy atom. The van der Waals surface area contributed by atoms with Gasteiger partial charge >= 0.3 is 0 Å². The first-order valence-electron chi connectivity index (χ1n) is 9.68. The van der Waals surface area contributed by atoms with Crippen LogP contribution in [0.5, 0.6) is 0 Å². The number of rotatable bonds is 0. The second-order valence-corrected chi connectivity index (χ2v) is 9.53. The fourth-order valence-electron chi connectivity index (χ4n) is 7.46. The van der Waals surface area contributed by atoms with Gasteiger partial charge in [-0.2, -0.15) is 0 Å². The SMILES string of the molecule is C#CC1(O)CC[C@H]2[C@@H]3CCC4CC(F)CC[C@]4(C)[C@@H]3CC[C@@]21C. The predicted molar refractivity (Wildman–Crippen MR) is 90.4 cm³/mol. The minimum Gasteiger partial charge on any atom is -0.377 e. The summed E-state index contributed by atoms with van der Waals surface area (Å²) in [5, 5.41) is 11.0. The Labute approximate surface area is 140 Å². The molecule has 3 unspecified atom stereocenters. The van der Waals surface area contributed by atoms with E-state index in [0.717, 1.165) is 38.5 Å². The van der Waals surface area contributed by atoms with Gasteiger partial charge in [0, 0.05) is 5.41 Å². The van der Waals surface area contributed by atoms with Crippen molar-refractivity contribution in [2.75, 3.05) is 0 Å². The zero-order chi connectivity index (χ0) is 16.5. The summed E-state index contributed by atoms with van der Waals surface area (Å²) in [5.41, 5.74) is -0.690. The monoisotopic (exact) mass is 318 g/mol. The van der Waals surface area contributed by atoms with Gasteiger partial charge in [-0.25, -0.2) is 4.39 Å². The molecule has 4 aliphatic carbocycles. The Balaban J connectivity index is 1.65.